The van der Waals surface area contributed by atoms with E-state index in [0.717, 1.165) is 42.0 Å². The molecule has 0 radical (unpaired) electrons. The molecule has 1 fully saturated rings. The van der Waals surface area contributed by atoms with E-state index in [-0.39, 0.29) is 34.8 Å². The highest BCUT2D eigenvalue weighted by molar-refractivity contribution is 7.92. The van der Waals surface area contributed by atoms with Gasteiger partial charge in [-0.2, -0.15) is 0 Å². The van der Waals surface area contributed by atoms with Gasteiger partial charge in [-0.1, -0.05) is 66.2 Å². The number of carbonyl (C=O) groups excluding carboxylic acids is 2. The van der Waals surface area contributed by atoms with E-state index in [1.54, 1.807) is 49.4 Å². The first-order valence-electron chi connectivity index (χ1n) is 14.8. The first-order chi connectivity index (χ1) is 21.4. The van der Waals surface area contributed by atoms with Crippen molar-refractivity contribution < 1.29 is 27.5 Å². The molecule has 0 spiro atoms. The molecule has 1 atom stereocenters. The van der Waals surface area contributed by atoms with E-state index in [0.29, 0.717) is 21.4 Å². The van der Waals surface area contributed by atoms with Gasteiger partial charge in [0, 0.05) is 18.7 Å². The van der Waals surface area contributed by atoms with Crippen LogP contribution in [-0.2, 0) is 26.2 Å². The molecule has 0 aliphatic heterocycles. The monoisotopic (exact) mass is 675 g/mol. The lowest BCUT2D eigenvalue weighted by Gasteiger charge is -2.33. The topological polar surface area (TPSA) is 105 Å². The molecular formula is C33H39Cl2N3O6S. The van der Waals surface area contributed by atoms with E-state index in [2.05, 4.69) is 5.32 Å². The van der Waals surface area contributed by atoms with Crippen LogP contribution in [0.5, 0.6) is 11.5 Å². The zero-order valence-electron chi connectivity index (χ0n) is 25.9. The minimum absolute atomic E-state index is 0.00706. The lowest BCUT2D eigenvalue weighted by molar-refractivity contribution is -0.139. The zero-order chi connectivity index (χ0) is 32.7. The number of aryl methyl sites for hydroxylation is 1. The molecular weight excluding hydrogens is 637 g/mol. The Bertz CT molecular complexity index is 1610. The third-order valence-electron chi connectivity index (χ3n) is 8.00. The number of nitrogens with zero attached hydrogens (tertiary/aromatic N) is 2. The molecule has 2 amide bonds. The number of rotatable bonds is 12. The van der Waals surface area contributed by atoms with Gasteiger partial charge in [0.25, 0.3) is 10.0 Å². The maximum Gasteiger partial charge on any atom is 0.264 e. The summed E-state index contributed by atoms with van der Waals surface area (Å²) in [5.74, 6) is -0.292. The van der Waals surface area contributed by atoms with Crippen LogP contribution in [0.3, 0.4) is 0 Å². The van der Waals surface area contributed by atoms with Crippen molar-refractivity contribution in [1.29, 1.82) is 0 Å². The van der Waals surface area contributed by atoms with Crippen LogP contribution in [0.15, 0.2) is 65.6 Å². The van der Waals surface area contributed by atoms with Gasteiger partial charge in [0.05, 0.1) is 34.8 Å². The van der Waals surface area contributed by atoms with Gasteiger partial charge in [0.15, 0.2) is 11.5 Å². The van der Waals surface area contributed by atoms with Crippen LogP contribution < -0.4 is 19.1 Å². The number of ether oxygens (including phenoxy) is 2. The van der Waals surface area contributed by atoms with Crippen molar-refractivity contribution in [1.82, 2.24) is 10.2 Å². The molecule has 3 aromatic rings. The standard InChI is InChI=1S/C33H39Cl2N3O6S/c1-22-10-13-26(14-11-22)38(45(41,42)27-15-17-30(43-3)31(19-27)44-4)21-32(39)37(20-24-12-16-28(34)29(35)18-24)23(2)33(40)36-25-8-6-5-7-9-25/h10-19,23,25H,5-9,20-21H2,1-4H3,(H,36,40)/t23-/m0/s1. The summed E-state index contributed by atoms with van der Waals surface area (Å²) in [4.78, 5) is 29.0. The van der Waals surface area contributed by atoms with Crippen LogP contribution in [0.4, 0.5) is 5.69 Å². The lowest BCUT2D eigenvalue weighted by atomic mass is 9.95. The van der Waals surface area contributed by atoms with Crippen LogP contribution >= 0.6 is 23.2 Å². The minimum atomic E-state index is -4.30. The summed E-state index contributed by atoms with van der Waals surface area (Å²) in [6, 6.07) is 15.2. The van der Waals surface area contributed by atoms with Gasteiger partial charge in [-0.25, -0.2) is 8.42 Å². The van der Waals surface area contributed by atoms with Gasteiger partial charge in [0.2, 0.25) is 11.8 Å². The molecule has 3 aromatic carbocycles. The average Bonchev–Trinajstić information content (AvgIpc) is 3.04. The van der Waals surface area contributed by atoms with Gasteiger partial charge in [-0.15, -0.1) is 0 Å². The SMILES string of the molecule is COc1ccc(S(=O)(=O)N(CC(=O)N(Cc2ccc(Cl)c(Cl)c2)[C@@H](C)C(=O)NC2CCCCC2)c2ccc(C)cc2)cc1OC. The van der Waals surface area contributed by atoms with E-state index in [1.165, 1.54) is 37.3 Å². The summed E-state index contributed by atoms with van der Waals surface area (Å²) in [7, 11) is -1.43. The van der Waals surface area contributed by atoms with E-state index in [4.69, 9.17) is 32.7 Å². The fourth-order valence-corrected chi connectivity index (χ4v) is 7.08. The Balaban J connectivity index is 1.71. The van der Waals surface area contributed by atoms with Crippen molar-refractivity contribution in [3.63, 3.8) is 0 Å². The maximum atomic E-state index is 14.2. The minimum Gasteiger partial charge on any atom is -0.493 e. The second kappa shape index (κ2) is 15.2. The molecule has 0 heterocycles. The van der Waals surface area contributed by atoms with Crippen LogP contribution in [0.1, 0.15) is 50.2 Å². The summed E-state index contributed by atoms with van der Waals surface area (Å²) in [5.41, 5.74) is 1.85. The summed E-state index contributed by atoms with van der Waals surface area (Å²) in [6.45, 7) is 2.97. The quantitative estimate of drug-likeness (QED) is 0.239. The number of hydrogen-bond donors (Lipinski definition) is 1. The van der Waals surface area contributed by atoms with E-state index in [9.17, 15) is 18.0 Å². The number of carbonyl (C=O) groups is 2. The molecule has 12 heteroatoms. The van der Waals surface area contributed by atoms with E-state index < -0.39 is 28.5 Å². The second-order valence-electron chi connectivity index (χ2n) is 11.2. The molecule has 1 N–H and O–H groups in total. The number of benzene rings is 3. The maximum absolute atomic E-state index is 14.2. The predicted octanol–water partition coefficient (Wildman–Crippen LogP) is 6.38. The van der Waals surface area contributed by atoms with Gasteiger partial charge in [0.1, 0.15) is 12.6 Å². The number of halogens is 2. The van der Waals surface area contributed by atoms with Crippen molar-refractivity contribution in [3.8, 4) is 11.5 Å². The third-order valence-corrected chi connectivity index (χ3v) is 10.5. The zero-order valence-corrected chi connectivity index (χ0v) is 28.2. The van der Waals surface area contributed by atoms with Crippen LogP contribution in [0, 0.1) is 6.92 Å². The first-order valence-corrected chi connectivity index (χ1v) is 17.0. The molecule has 1 saturated carbocycles. The number of nitrogens with one attached hydrogen (secondary N) is 1. The molecule has 1 aliphatic carbocycles. The lowest BCUT2D eigenvalue weighted by Crippen LogP contribution is -2.53. The first kappa shape index (κ1) is 34.4. The van der Waals surface area contributed by atoms with E-state index >= 15 is 0 Å². The van der Waals surface area contributed by atoms with Crippen LogP contribution in [0.2, 0.25) is 10.0 Å². The van der Waals surface area contributed by atoms with Crippen LogP contribution in [0.25, 0.3) is 0 Å². The molecule has 0 aromatic heterocycles. The normalized spacial score (nSPS) is 14.4. The number of amides is 2. The molecule has 45 heavy (non-hydrogen) atoms. The van der Waals surface area contributed by atoms with E-state index in [1.807, 2.05) is 6.92 Å². The highest BCUT2D eigenvalue weighted by Crippen LogP contribution is 2.33. The summed E-state index contributed by atoms with van der Waals surface area (Å²) in [6.07, 6.45) is 4.96. The Morgan fingerprint density at radius 3 is 2.20 bits per heavy atom. The largest absolute Gasteiger partial charge is 0.493 e. The molecule has 1 aliphatic rings. The average molecular weight is 677 g/mol. The van der Waals surface area contributed by atoms with Gasteiger partial charge >= 0.3 is 0 Å². The number of hydrogen-bond acceptors (Lipinski definition) is 6. The highest BCUT2D eigenvalue weighted by atomic mass is 35.5. The van der Waals surface area contributed by atoms with Gasteiger partial charge < -0.3 is 19.7 Å². The van der Waals surface area contributed by atoms with Crippen molar-refractivity contribution in [2.75, 3.05) is 25.1 Å². The molecule has 0 unspecified atom stereocenters. The Morgan fingerprint density at radius 1 is 0.911 bits per heavy atom. The predicted molar refractivity (Wildman–Crippen MR) is 177 cm³/mol. The van der Waals surface area contributed by atoms with Crippen molar-refractivity contribution in [3.05, 3.63) is 81.8 Å². The third kappa shape index (κ3) is 8.42. The van der Waals surface area contributed by atoms with Crippen molar-refractivity contribution in [2.45, 2.75) is 69.5 Å². The van der Waals surface area contributed by atoms with Crippen molar-refractivity contribution in [2.24, 2.45) is 0 Å². The van der Waals surface area contributed by atoms with Gasteiger partial charge in [-0.05, 0) is 68.7 Å². The fourth-order valence-electron chi connectivity index (χ4n) is 5.33. The summed E-state index contributed by atoms with van der Waals surface area (Å²) in [5, 5.41) is 3.75. The fraction of sp³-hybridized carbons (Fsp3) is 0.394. The number of sulfonamides is 1. The molecule has 4 rings (SSSR count). The molecule has 242 valence electrons. The van der Waals surface area contributed by atoms with Gasteiger partial charge in [-0.3, -0.25) is 13.9 Å². The van der Waals surface area contributed by atoms with Crippen LogP contribution in [-0.4, -0.2) is 58.0 Å². The Morgan fingerprint density at radius 2 is 1.58 bits per heavy atom. The highest BCUT2D eigenvalue weighted by Gasteiger charge is 2.33. The second-order valence-corrected chi connectivity index (χ2v) is 13.8. The molecule has 9 nitrogen and oxygen atoms in total. The number of anilines is 1. The smallest absolute Gasteiger partial charge is 0.264 e. The Kier molecular flexibility index (Phi) is 11.6. The molecule has 0 saturated heterocycles. The number of methoxy groups -OCH3 is 2. The Hall–Kier alpha value is -3.47. The molecule has 0 bridgehead atoms. The Labute approximate surface area is 275 Å². The van der Waals surface area contributed by atoms with Crippen molar-refractivity contribution >= 4 is 50.7 Å². The summed E-state index contributed by atoms with van der Waals surface area (Å²) < 4.78 is 40.1. The summed E-state index contributed by atoms with van der Waals surface area (Å²) >= 11 is 12.4.